The zero-order valence-corrected chi connectivity index (χ0v) is 12.7. The summed E-state index contributed by atoms with van der Waals surface area (Å²) in [6.45, 7) is 4.76. The molecule has 1 amide bonds. The minimum Gasteiger partial charge on any atom is -0.458 e. The molecule has 0 N–H and O–H groups in total. The van der Waals surface area contributed by atoms with E-state index in [0.29, 0.717) is 31.6 Å². The van der Waals surface area contributed by atoms with Crippen LogP contribution >= 0.6 is 0 Å². The smallest absolute Gasteiger partial charge is 0.410 e. The van der Waals surface area contributed by atoms with Gasteiger partial charge in [-0.25, -0.2) is 9.59 Å². The summed E-state index contributed by atoms with van der Waals surface area (Å²) in [6, 6.07) is 3.54. The van der Waals surface area contributed by atoms with Crippen LogP contribution in [0.15, 0.2) is 18.3 Å². The molecule has 2 heterocycles. The van der Waals surface area contributed by atoms with Crippen LogP contribution in [-0.4, -0.2) is 46.8 Å². The Morgan fingerprint density at radius 3 is 2.48 bits per heavy atom. The fraction of sp³-hybridized carbons (Fsp3) is 0.600. The molecule has 0 atom stereocenters. The summed E-state index contributed by atoms with van der Waals surface area (Å²) in [5, 5.41) is 0. The molecule has 1 aliphatic heterocycles. The zero-order valence-electron chi connectivity index (χ0n) is 12.7. The van der Waals surface area contributed by atoms with Crippen molar-refractivity contribution in [3.05, 3.63) is 24.0 Å². The molecule has 6 nitrogen and oxygen atoms in total. The molecule has 6 heteroatoms. The van der Waals surface area contributed by atoms with Gasteiger partial charge in [0.15, 0.2) is 0 Å². The van der Waals surface area contributed by atoms with Gasteiger partial charge in [-0.15, -0.1) is 0 Å². The molecule has 1 aromatic rings. The molecule has 1 aliphatic rings. The quantitative estimate of drug-likeness (QED) is 0.802. The first-order valence-electron chi connectivity index (χ1n) is 7.25. The number of esters is 1. The molecule has 0 radical (unpaired) electrons. The first kappa shape index (κ1) is 15.4. The summed E-state index contributed by atoms with van der Waals surface area (Å²) in [7, 11) is 1.81. The SMILES string of the molecule is CC(C)OC(=O)N1CCC(OC(=O)c2cccn2C)CC1. The molecule has 0 saturated carbocycles. The molecule has 2 rings (SSSR count). The molecule has 1 saturated heterocycles. The van der Waals surface area contributed by atoms with E-state index in [-0.39, 0.29) is 24.3 Å². The molecule has 0 bridgehead atoms. The van der Waals surface area contributed by atoms with Crippen molar-refractivity contribution >= 4 is 12.1 Å². The van der Waals surface area contributed by atoms with Crippen LogP contribution in [0.5, 0.6) is 0 Å². The topological polar surface area (TPSA) is 60.8 Å². The highest BCUT2D eigenvalue weighted by Crippen LogP contribution is 2.17. The second-order valence-electron chi connectivity index (χ2n) is 5.53. The van der Waals surface area contributed by atoms with Crippen molar-refractivity contribution < 1.29 is 19.1 Å². The average Bonchev–Trinajstić information content (AvgIpc) is 2.85. The highest BCUT2D eigenvalue weighted by Gasteiger charge is 2.27. The Kier molecular flexibility index (Phi) is 4.88. The van der Waals surface area contributed by atoms with E-state index in [2.05, 4.69) is 0 Å². The Morgan fingerprint density at radius 2 is 1.95 bits per heavy atom. The van der Waals surface area contributed by atoms with Gasteiger partial charge in [-0.05, 0) is 26.0 Å². The zero-order chi connectivity index (χ0) is 15.4. The Morgan fingerprint density at radius 1 is 1.29 bits per heavy atom. The lowest BCUT2D eigenvalue weighted by Crippen LogP contribution is -2.42. The van der Waals surface area contributed by atoms with E-state index >= 15 is 0 Å². The minimum atomic E-state index is -0.314. The van der Waals surface area contributed by atoms with Crippen molar-refractivity contribution in [1.29, 1.82) is 0 Å². The van der Waals surface area contributed by atoms with E-state index < -0.39 is 0 Å². The number of likely N-dealkylation sites (tertiary alicyclic amines) is 1. The number of hydrogen-bond acceptors (Lipinski definition) is 4. The number of carbonyl (C=O) groups is 2. The predicted octanol–water partition coefficient (Wildman–Crippen LogP) is 2.19. The number of nitrogens with zero attached hydrogens (tertiary/aromatic N) is 2. The lowest BCUT2D eigenvalue weighted by molar-refractivity contribution is 0.00733. The van der Waals surface area contributed by atoms with Crippen molar-refractivity contribution in [1.82, 2.24) is 9.47 Å². The fourth-order valence-electron chi connectivity index (χ4n) is 2.32. The van der Waals surface area contributed by atoms with Gasteiger partial charge in [0, 0.05) is 39.2 Å². The maximum Gasteiger partial charge on any atom is 0.410 e. The third-order valence-corrected chi connectivity index (χ3v) is 3.46. The van der Waals surface area contributed by atoms with E-state index in [4.69, 9.17) is 9.47 Å². The van der Waals surface area contributed by atoms with Crippen LogP contribution in [0.2, 0.25) is 0 Å². The highest BCUT2D eigenvalue weighted by atomic mass is 16.6. The first-order valence-corrected chi connectivity index (χ1v) is 7.25. The first-order chi connectivity index (χ1) is 9.97. The summed E-state index contributed by atoms with van der Waals surface area (Å²) >= 11 is 0. The number of rotatable bonds is 3. The van der Waals surface area contributed by atoms with Crippen LogP contribution in [0.1, 0.15) is 37.2 Å². The second kappa shape index (κ2) is 6.65. The van der Waals surface area contributed by atoms with Crippen molar-refractivity contribution in [2.45, 2.75) is 38.9 Å². The molecule has 0 aliphatic carbocycles. The van der Waals surface area contributed by atoms with Crippen LogP contribution in [0.4, 0.5) is 4.79 Å². The molecule has 21 heavy (non-hydrogen) atoms. The van der Waals surface area contributed by atoms with Gasteiger partial charge in [-0.1, -0.05) is 0 Å². The van der Waals surface area contributed by atoms with E-state index in [1.807, 2.05) is 13.8 Å². The van der Waals surface area contributed by atoms with Gasteiger partial charge in [-0.2, -0.15) is 0 Å². The summed E-state index contributed by atoms with van der Waals surface area (Å²) in [4.78, 5) is 25.4. The number of hydrogen-bond donors (Lipinski definition) is 0. The number of carbonyl (C=O) groups excluding carboxylic acids is 2. The van der Waals surface area contributed by atoms with Gasteiger partial charge in [0.05, 0.1) is 6.10 Å². The average molecular weight is 294 g/mol. The van der Waals surface area contributed by atoms with Crippen LogP contribution < -0.4 is 0 Å². The normalized spacial score (nSPS) is 16.1. The van der Waals surface area contributed by atoms with Gasteiger partial charge in [0.25, 0.3) is 0 Å². The van der Waals surface area contributed by atoms with Crippen molar-refractivity contribution in [2.24, 2.45) is 7.05 Å². The van der Waals surface area contributed by atoms with Crippen LogP contribution in [-0.2, 0) is 16.5 Å². The summed E-state index contributed by atoms with van der Waals surface area (Å²) < 4.78 is 12.4. The minimum absolute atomic E-state index is 0.120. The van der Waals surface area contributed by atoms with Gasteiger partial charge in [0.2, 0.25) is 0 Å². The van der Waals surface area contributed by atoms with E-state index in [0.717, 1.165) is 0 Å². The number of amides is 1. The van der Waals surface area contributed by atoms with Crippen molar-refractivity contribution in [2.75, 3.05) is 13.1 Å². The van der Waals surface area contributed by atoms with Gasteiger partial charge >= 0.3 is 12.1 Å². The molecule has 0 aromatic carbocycles. The Bertz CT molecular complexity index is 502. The Balaban J connectivity index is 1.80. The standard InChI is InChI=1S/C15H22N2O4/c1-11(2)20-15(19)17-9-6-12(7-10-17)21-14(18)13-5-4-8-16(13)3/h4-5,8,11-12H,6-7,9-10H2,1-3H3. The molecular weight excluding hydrogens is 272 g/mol. The molecule has 1 aromatic heterocycles. The van der Waals surface area contributed by atoms with E-state index in [1.165, 1.54) is 0 Å². The van der Waals surface area contributed by atoms with Gasteiger partial charge in [-0.3, -0.25) is 0 Å². The second-order valence-corrected chi connectivity index (χ2v) is 5.53. The van der Waals surface area contributed by atoms with Gasteiger partial charge in [0.1, 0.15) is 11.8 Å². The van der Waals surface area contributed by atoms with Gasteiger partial charge < -0.3 is 18.9 Å². The molecule has 116 valence electrons. The molecule has 0 spiro atoms. The summed E-state index contributed by atoms with van der Waals surface area (Å²) in [5.74, 6) is -0.314. The summed E-state index contributed by atoms with van der Waals surface area (Å²) in [6.07, 6.45) is 2.53. The number of piperidine rings is 1. The third-order valence-electron chi connectivity index (χ3n) is 3.46. The van der Waals surface area contributed by atoms with Crippen LogP contribution in [0.3, 0.4) is 0 Å². The summed E-state index contributed by atoms with van der Waals surface area (Å²) in [5.41, 5.74) is 0.539. The van der Waals surface area contributed by atoms with E-state index in [1.54, 1.807) is 34.8 Å². The number of aromatic nitrogens is 1. The highest BCUT2D eigenvalue weighted by molar-refractivity contribution is 5.87. The molecule has 1 fully saturated rings. The Hall–Kier alpha value is -1.98. The van der Waals surface area contributed by atoms with Crippen molar-refractivity contribution in [3.63, 3.8) is 0 Å². The maximum absolute atomic E-state index is 12.0. The Labute approximate surface area is 124 Å². The maximum atomic E-state index is 12.0. The number of ether oxygens (including phenoxy) is 2. The monoisotopic (exact) mass is 294 g/mol. The predicted molar refractivity (Wildman–Crippen MR) is 77.0 cm³/mol. The van der Waals surface area contributed by atoms with E-state index in [9.17, 15) is 9.59 Å². The third kappa shape index (κ3) is 4.00. The van der Waals surface area contributed by atoms with Crippen molar-refractivity contribution in [3.8, 4) is 0 Å². The lowest BCUT2D eigenvalue weighted by Gasteiger charge is -2.31. The lowest BCUT2D eigenvalue weighted by atomic mass is 10.1. The largest absolute Gasteiger partial charge is 0.458 e. The van der Waals surface area contributed by atoms with Crippen LogP contribution in [0, 0.1) is 0 Å². The fourth-order valence-corrected chi connectivity index (χ4v) is 2.32. The molecule has 0 unspecified atom stereocenters. The molecular formula is C15H22N2O4. The van der Waals surface area contributed by atoms with Crippen LogP contribution in [0.25, 0.3) is 0 Å². The number of aryl methyl sites for hydroxylation is 1.